The number of thioether (sulfide) groups is 1. The summed E-state index contributed by atoms with van der Waals surface area (Å²) >= 11 is 7.22. The molecule has 1 heterocycles. The zero-order chi connectivity index (χ0) is 20.6. The minimum absolute atomic E-state index is 0.190. The smallest absolute Gasteiger partial charge is 0.248 e. The Morgan fingerprint density at radius 1 is 1.14 bits per heavy atom. The van der Waals surface area contributed by atoms with Crippen molar-refractivity contribution in [2.75, 3.05) is 5.75 Å². The third-order valence-electron chi connectivity index (χ3n) is 3.91. The molecule has 0 saturated heterocycles. The molecule has 0 spiro atoms. The van der Waals surface area contributed by atoms with Crippen molar-refractivity contribution in [3.05, 3.63) is 83.5 Å². The fourth-order valence-electron chi connectivity index (χ4n) is 2.41. The maximum Gasteiger partial charge on any atom is 0.248 e. The molecule has 2 aromatic carbocycles. The maximum atomic E-state index is 12.1. The van der Waals surface area contributed by atoms with Crippen molar-refractivity contribution < 1.29 is 4.79 Å². The number of amides is 1. The number of nitrogens with one attached hydrogen (secondary N) is 2. The van der Waals surface area contributed by atoms with Gasteiger partial charge in [-0.15, -0.1) is 10.2 Å². The predicted molar refractivity (Wildman–Crippen MR) is 118 cm³/mol. The molecule has 0 bridgehead atoms. The molecule has 3 rings (SSSR count). The number of nitrogens with zero attached hydrogens (tertiary/aromatic N) is 3. The van der Waals surface area contributed by atoms with Crippen LogP contribution in [0.5, 0.6) is 0 Å². The Kier molecular flexibility index (Phi) is 7.10. The highest BCUT2D eigenvalue weighted by atomic mass is 35.5. The average molecular weight is 426 g/mol. The highest BCUT2D eigenvalue weighted by molar-refractivity contribution is 7.99. The van der Waals surface area contributed by atoms with Crippen LogP contribution in [0.15, 0.2) is 78.1 Å². The molecule has 0 aliphatic rings. The Bertz CT molecular complexity index is 1020. The predicted octanol–water partition coefficient (Wildman–Crippen LogP) is 4.08. The van der Waals surface area contributed by atoms with E-state index < -0.39 is 0 Å². The second-order valence-corrected chi connectivity index (χ2v) is 7.48. The molecule has 0 aliphatic carbocycles. The highest BCUT2D eigenvalue weighted by Gasteiger charge is 2.12. The number of allylic oxidation sites excluding steroid dienone is 1. The van der Waals surface area contributed by atoms with Crippen molar-refractivity contribution in [2.24, 2.45) is 7.05 Å². The van der Waals surface area contributed by atoms with Crippen molar-refractivity contribution in [1.82, 2.24) is 25.6 Å². The summed E-state index contributed by atoms with van der Waals surface area (Å²) in [5.41, 5.74) is 7.95. The van der Waals surface area contributed by atoms with Crippen molar-refractivity contribution in [2.45, 2.75) is 5.16 Å². The first-order chi connectivity index (χ1) is 14.0. The molecular weight excluding hydrogens is 406 g/mol. The quantitative estimate of drug-likeness (QED) is 0.323. The van der Waals surface area contributed by atoms with E-state index in [1.807, 2.05) is 60.2 Å². The third kappa shape index (κ3) is 5.97. The van der Waals surface area contributed by atoms with Crippen LogP contribution in [0.4, 0.5) is 0 Å². The van der Waals surface area contributed by atoms with Crippen LogP contribution >= 0.6 is 23.4 Å². The molecule has 0 unspecified atom stereocenters. The van der Waals surface area contributed by atoms with Gasteiger partial charge in [0, 0.05) is 23.3 Å². The molecule has 148 valence electrons. The van der Waals surface area contributed by atoms with E-state index in [1.165, 1.54) is 11.8 Å². The highest BCUT2D eigenvalue weighted by Crippen LogP contribution is 2.23. The Hall–Kier alpha value is -3.03. The summed E-state index contributed by atoms with van der Waals surface area (Å²) in [5.74, 6) is 0.706. The van der Waals surface area contributed by atoms with E-state index in [-0.39, 0.29) is 11.7 Å². The molecule has 1 amide bonds. The lowest BCUT2D eigenvalue weighted by molar-refractivity contribution is -0.119. The van der Waals surface area contributed by atoms with Gasteiger partial charge in [0.25, 0.3) is 0 Å². The number of carbonyl (C=O) groups excluding carboxylic acids is 1. The first-order valence-corrected chi connectivity index (χ1v) is 10.1. The molecule has 0 aliphatic heterocycles. The number of rotatable bonds is 8. The summed E-state index contributed by atoms with van der Waals surface area (Å²) < 4.78 is 1.84. The summed E-state index contributed by atoms with van der Waals surface area (Å²) in [5, 5.41) is 9.67. The van der Waals surface area contributed by atoms with Crippen molar-refractivity contribution in [1.29, 1.82) is 0 Å². The van der Waals surface area contributed by atoms with Gasteiger partial charge in [0.2, 0.25) is 5.91 Å². The number of carbonyl (C=O) groups is 1. The van der Waals surface area contributed by atoms with Gasteiger partial charge < -0.3 is 4.57 Å². The van der Waals surface area contributed by atoms with Crippen LogP contribution in [0, 0.1) is 0 Å². The van der Waals surface area contributed by atoms with E-state index in [0.29, 0.717) is 21.7 Å². The Morgan fingerprint density at radius 3 is 2.59 bits per heavy atom. The van der Waals surface area contributed by atoms with Crippen LogP contribution in [0.3, 0.4) is 0 Å². The summed E-state index contributed by atoms with van der Waals surface area (Å²) in [6.07, 6.45) is 3.71. The largest absolute Gasteiger partial charge is 0.305 e. The topological polar surface area (TPSA) is 71.8 Å². The van der Waals surface area contributed by atoms with E-state index in [9.17, 15) is 4.79 Å². The fourth-order valence-corrected chi connectivity index (χ4v) is 3.25. The summed E-state index contributed by atoms with van der Waals surface area (Å²) in [6.45, 7) is 3.86. The number of hydrogen-bond donors (Lipinski definition) is 2. The van der Waals surface area contributed by atoms with E-state index in [1.54, 1.807) is 18.2 Å². The molecule has 1 aromatic heterocycles. The van der Waals surface area contributed by atoms with Crippen LogP contribution in [0.2, 0.25) is 5.02 Å². The van der Waals surface area contributed by atoms with Gasteiger partial charge in [-0.25, -0.2) is 0 Å². The van der Waals surface area contributed by atoms with Gasteiger partial charge in [0.05, 0.1) is 5.75 Å². The number of hydrogen-bond acceptors (Lipinski definition) is 5. The third-order valence-corrected chi connectivity index (χ3v) is 5.18. The van der Waals surface area contributed by atoms with Crippen molar-refractivity contribution in [3.63, 3.8) is 0 Å². The van der Waals surface area contributed by atoms with Gasteiger partial charge in [-0.05, 0) is 35.9 Å². The van der Waals surface area contributed by atoms with E-state index in [4.69, 9.17) is 11.6 Å². The molecule has 2 N–H and O–H groups in total. The SMILES string of the molecule is C=C(C=Cc1ccccc1)NNC(=O)CSc1nnc(-c2ccc(Cl)cc2)n1C. The Morgan fingerprint density at radius 2 is 1.86 bits per heavy atom. The van der Waals surface area contributed by atoms with Crippen LogP contribution in [-0.2, 0) is 11.8 Å². The second-order valence-electron chi connectivity index (χ2n) is 6.10. The summed E-state index contributed by atoms with van der Waals surface area (Å²) in [6, 6.07) is 17.2. The molecule has 29 heavy (non-hydrogen) atoms. The van der Waals surface area contributed by atoms with Gasteiger partial charge in [0.15, 0.2) is 11.0 Å². The molecule has 3 aromatic rings. The lowest BCUT2D eigenvalue weighted by atomic mass is 10.2. The lowest BCUT2D eigenvalue weighted by Crippen LogP contribution is -2.37. The maximum absolute atomic E-state index is 12.1. The van der Waals surface area contributed by atoms with Crippen molar-refractivity contribution in [3.8, 4) is 11.4 Å². The first kappa shape index (κ1) is 20.7. The van der Waals surface area contributed by atoms with Crippen LogP contribution in [0.25, 0.3) is 17.5 Å². The zero-order valence-corrected chi connectivity index (χ0v) is 17.4. The number of hydrazine groups is 1. The van der Waals surface area contributed by atoms with Gasteiger partial charge in [-0.1, -0.05) is 66.3 Å². The van der Waals surface area contributed by atoms with Gasteiger partial charge in [0.1, 0.15) is 0 Å². The van der Waals surface area contributed by atoms with Crippen molar-refractivity contribution >= 4 is 35.3 Å². The summed E-state index contributed by atoms with van der Waals surface area (Å²) in [4.78, 5) is 12.1. The molecule has 6 nitrogen and oxygen atoms in total. The minimum Gasteiger partial charge on any atom is -0.305 e. The monoisotopic (exact) mass is 425 g/mol. The first-order valence-electron chi connectivity index (χ1n) is 8.78. The number of aromatic nitrogens is 3. The zero-order valence-electron chi connectivity index (χ0n) is 15.8. The molecular formula is C21H20ClN5OS. The van der Waals surface area contributed by atoms with E-state index in [2.05, 4.69) is 27.6 Å². The van der Waals surface area contributed by atoms with Crippen LogP contribution < -0.4 is 10.9 Å². The average Bonchev–Trinajstić information content (AvgIpc) is 3.11. The Balaban J connectivity index is 1.48. The molecule has 0 fully saturated rings. The Labute approximate surface area is 178 Å². The molecule has 0 atom stereocenters. The second kappa shape index (κ2) is 9.95. The van der Waals surface area contributed by atoms with E-state index in [0.717, 1.165) is 11.1 Å². The molecule has 0 saturated carbocycles. The van der Waals surface area contributed by atoms with Crippen LogP contribution in [-0.4, -0.2) is 26.4 Å². The molecule has 0 radical (unpaired) electrons. The van der Waals surface area contributed by atoms with E-state index >= 15 is 0 Å². The number of benzene rings is 2. The minimum atomic E-state index is -0.194. The van der Waals surface area contributed by atoms with Gasteiger partial charge in [-0.2, -0.15) is 0 Å². The van der Waals surface area contributed by atoms with Crippen LogP contribution in [0.1, 0.15) is 5.56 Å². The van der Waals surface area contributed by atoms with Gasteiger partial charge in [-0.3, -0.25) is 15.6 Å². The van der Waals surface area contributed by atoms with Gasteiger partial charge >= 0.3 is 0 Å². The molecule has 8 heteroatoms. The normalized spacial score (nSPS) is 10.8. The lowest BCUT2D eigenvalue weighted by Gasteiger charge is -2.08. The number of halogens is 1. The fraction of sp³-hybridized carbons (Fsp3) is 0.0952. The standard InChI is InChI=1S/C21H20ClN5OS/c1-15(8-9-16-6-4-3-5-7-16)23-24-19(28)14-29-21-26-25-20(27(21)2)17-10-12-18(22)13-11-17/h3-13,23H,1,14H2,2H3,(H,24,28). The summed E-state index contributed by atoms with van der Waals surface area (Å²) in [7, 11) is 1.86.